The molecule has 0 aromatic heterocycles. The van der Waals surface area contributed by atoms with Gasteiger partial charge in [-0.1, -0.05) is 0 Å². The van der Waals surface area contributed by atoms with Gasteiger partial charge in [0, 0.05) is 0 Å². The summed E-state index contributed by atoms with van der Waals surface area (Å²) in [6, 6.07) is 0. The SMILES string of the molecule is [CH3][Sn]([CH3])([C](=O)O)[C](=O)O. The van der Waals surface area contributed by atoms with E-state index in [1.807, 2.05) is 0 Å². The molecule has 2 N–H and O–H groups in total. The van der Waals surface area contributed by atoms with E-state index in [0.29, 0.717) is 0 Å². The van der Waals surface area contributed by atoms with E-state index < -0.39 is 26.3 Å². The molecule has 52 valence electrons. The Labute approximate surface area is 56.4 Å². The predicted octanol–water partition coefficient (Wildman–Crippen LogP) is 1.21. The zero-order chi connectivity index (χ0) is 7.65. The molecule has 9 heavy (non-hydrogen) atoms. The second-order valence-electron chi connectivity index (χ2n) is 2.24. The molecule has 0 aliphatic carbocycles. The summed E-state index contributed by atoms with van der Waals surface area (Å²) >= 11 is -3.72. The number of hydrogen-bond acceptors (Lipinski definition) is 2. The monoisotopic (exact) mass is 240 g/mol. The third-order valence-corrected chi connectivity index (χ3v) is 7.17. The van der Waals surface area contributed by atoms with Crippen molar-refractivity contribution in [1.82, 2.24) is 0 Å². The van der Waals surface area contributed by atoms with Gasteiger partial charge in [-0.25, -0.2) is 0 Å². The van der Waals surface area contributed by atoms with Crippen molar-refractivity contribution in [2.45, 2.75) is 9.88 Å². The number of hydrogen-bond donors (Lipinski definition) is 2. The Morgan fingerprint density at radius 1 is 1.11 bits per heavy atom. The first-order valence-electron chi connectivity index (χ1n) is 2.36. The van der Waals surface area contributed by atoms with Gasteiger partial charge in [0.05, 0.1) is 0 Å². The van der Waals surface area contributed by atoms with Crippen LogP contribution in [0.5, 0.6) is 0 Å². The van der Waals surface area contributed by atoms with Crippen molar-refractivity contribution in [3.8, 4) is 0 Å². The third-order valence-electron chi connectivity index (χ3n) is 1.07. The van der Waals surface area contributed by atoms with Gasteiger partial charge in [-0.2, -0.15) is 0 Å². The van der Waals surface area contributed by atoms with Gasteiger partial charge in [-0.05, 0) is 0 Å². The van der Waals surface area contributed by atoms with Crippen molar-refractivity contribution < 1.29 is 19.8 Å². The first kappa shape index (κ1) is 8.74. The summed E-state index contributed by atoms with van der Waals surface area (Å²) in [7, 11) is 0. The average molecular weight is 239 g/mol. The van der Waals surface area contributed by atoms with Crippen molar-refractivity contribution in [2.24, 2.45) is 0 Å². The fourth-order valence-corrected chi connectivity index (χ4v) is 0.614. The van der Waals surface area contributed by atoms with E-state index in [1.54, 1.807) is 0 Å². The van der Waals surface area contributed by atoms with Crippen LogP contribution in [0.4, 0.5) is 9.59 Å². The van der Waals surface area contributed by atoms with Gasteiger partial charge in [-0.15, -0.1) is 0 Å². The van der Waals surface area contributed by atoms with Crippen LogP contribution in [0.1, 0.15) is 0 Å². The summed E-state index contributed by atoms with van der Waals surface area (Å²) in [5.41, 5.74) is 0. The summed E-state index contributed by atoms with van der Waals surface area (Å²) in [5, 5.41) is 16.6. The quantitative estimate of drug-likeness (QED) is 0.710. The molecule has 0 aromatic carbocycles. The second-order valence-corrected chi connectivity index (χ2v) is 14.0. The summed E-state index contributed by atoms with van der Waals surface area (Å²) in [5.74, 6) is 0. The fraction of sp³-hybridized carbons (Fsp3) is 0.500. The molecule has 0 aliphatic rings. The summed E-state index contributed by atoms with van der Waals surface area (Å²) < 4.78 is -2.23. The molecule has 4 nitrogen and oxygen atoms in total. The molecule has 0 fully saturated rings. The molecule has 0 unspecified atom stereocenters. The van der Waals surface area contributed by atoms with E-state index >= 15 is 0 Å². The van der Waals surface area contributed by atoms with E-state index in [0.717, 1.165) is 0 Å². The second kappa shape index (κ2) is 2.55. The van der Waals surface area contributed by atoms with Gasteiger partial charge in [0.2, 0.25) is 0 Å². The van der Waals surface area contributed by atoms with Gasteiger partial charge in [0.15, 0.2) is 0 Å². The molecule has 0 rings (SSSR count). The third kappa shape index (κ3) is 1.85. The Morgan fingerprint density at radius 2 is 1.33 bits per heavy atom. The van der Waals surface area contributed by atoms with Crippen LogP contribution in [0.2, 0.25) is 9.88 Å². The maximum absolute atomic E-state index is 10.2. The van der Waals surface area contributed by atoms with Crippen LogP contribution in [-0.4, -0.2) is 36.6 Å². The van der Waals surface area contributed by atoms with Crippen LogP contribution < -0.4 is 0 Å². The molecule has 0 heterocycles. The zero-order valence-corrected chi connectivity index (χ0v) is 8.07. The molecule has 0 atom stereocenters. The van der Waals surface area contributed by atoms with Gasteiger partial charge in [0.1, 0.15) is 0 Å². The molecule has 0 saturated carbocycles. The molecule has 0 radical (unpaired) electrons. The molecule has 0 aliphatic heterocycles. The van der Waals surface area contributed by atoms with Crippen molar-refractivity contribution in [3.63, 3.8) is 0 Å². The molecule has 0 saturated heterocycles. The molecule has 0 amide bonds. The number of carboxylic acid groups (broad SMARTS) is 2. The predicted molar refractivity (Wildman–Crippen MR) is 33.5 cm³/mol. The summed E-state index contributed by atoms with van der Waals surface area (Å²) in [6.45, 7) is 0. The Bertz CT molecular complexity index is 135. The summed E-state index contributed by atoms with van der Waals surface area (Å²) in [4.78, 5) is 23.0. The standard InChI is InChI=1S/2CHO2.2CH3.Sn/c2*2-1-3;;;/h2*(H,2,3);2*1H3;. The first-order chi connectivity index (χ1) is 3.89. The Balaban J connectivity index is 4.38. The van der Waals surface area contributed by atoms with E-state index in [-0.39, 0.29) is 0 Å². The average Bonchev–Trinajstić information content (AvgIpc) is 1.65. The molecule has 0 aromatic rings. The van der Waals surface area contributed by atoms with Gasteiger partial charge < -0.3 is 0 Å². The Hall–Kier alpha value is -0.261. The van der Waals surface area contributed by atoms with Crippen LogP contribution in [0.15, 0.2) is 0 Å². The van der Waals surface area contributed by atoms with E-state index in [4.69, 9.17) is 10.2 Å². The normalized spacial score (nSPS) is 10.9. The van der Waals surface area contributed by atoms with E-state index in [9.17, 15) is 9.59 Å². The van der Waals surface area contributed by atoms with Crippen molar-refractivity contribution in [2.75, 3.05) is 0 Å². The van der Waals surface area contributed by atoms with Crippen molar-refractivity contribution >= 4 is 26.3 Å². The van der Waals surface area contributed by atoms with Crippen molar-refractivity contribution in [1.29, 1.82) is 0 Å². The Morgan fingerprint density at radius 3 is 1.33 bits per heavy atom. The van der Waals surface area contributed by atoms with Crippen LogP contribution >= 0.6 is 0 Å². The molecular weight excluding hydrogens is 231 g/mol. The molecule has 0 bridgehead atoms. The molecular formula is C4H8O4Sn. The van der Waals surface area contributed by atoms with E-state index in [1.165, 1.54) is 9.88 Å². The summed E-state index contributed by atoms with van der Waals surface area (Å²) in [6.07, 6.45) is 0. The Kier molecular flexibility index (Phi) is 2.48. The zero-order valence-electron chi connectivity index (χ0n) is 5.21. The molecule has 0 spiro atoms. The van der Waals surface area contributed by atoms with Crippen molar-refractivity contribution in [3.05, 3.63) is 0 Å². The molecule has 5 heteroatoms. The van der Waals surface area contributed by atoms with Crippen LogP contribution in [0, 0.1) is 0 Å². The minimum atomic E-state index is -3.72. The fourth-order valence-electron chi connectivity index (χ4n) is 0.0915. The first-order valence-corrected chi connectivity index (χ1v) is 10.9. The number of carbonyl (C=O) groups is 2. The maximum atomic E-state index is 10.2. The van der Waals surface area contributed by atoms with Gasteiger partial charge in [-0.3, -0.25) is 0 Å². The van der Waals surface area contributed by atoms with Gasteiger partial charge in [0.25, 0.3) is 0 Å². The number of rotatable bonds is 2. The van der Waals surface area contributed by atoms with Crippen LogP contribution in [0.3, 0.4) is 0 Å². The van der Waals surface area contributed by atoms with E-state index in [2.05, 4.69) is 0 Å². The van der Waals surface area contributed by atoms with Crippen LogP contribution in [-0.2, 0) is 0 Å². The minimum absolute atomic E-state index is 1.11. The van der Waals surface area contributed by atoms with Crippen LogP contribution in [0.25, 0.3) is 0 Å². The van der Waals surface area contributed by atoms with Gasteiger partial charge >= 0.3 is 56.0 Å². The topological polar surface area (TPSA) is 74.6 Å².